The van der Waals surface area contributed by atoms with E-state index in [0.717, 1.165) is 33.6 Å². The summed E-state index contributed by atoms with van der Waals surface area (Å²) in [7, 11) is 0. The summed E-state index contributed by atoms with van der Waals surface area (Å²) in [6.07, 6.45) is 12.7. The van der Waals surface area contributed by atoms with Crippen molar-refractivity contribution in [1.29, 1.82) is 0 Å². The highest BCUT2D eigenvalue weighted by atomic mass is 15.2. The van der Waals surface area contributed by atoms with Crippen LogP contribution < -0.4 is 5.73 Å². The summed E-state index contributed by atoms with van der Waals surface area (Å²) in [6.45, 7) is 11.3. The third-order valence-corrected chi connectivity index (χ3v) is 4.16. The van der Waals surface area contributed by atoms with Crippen LogP contribution >= 0.6 is 0 Å². The average molecular weight is 358 g/mol. The Labute approximate surface area is 157 Å². The molecule has 0 saturated heterocycles. The number of nitrogens with zero attached hydrogens (tertiary/aromatic N) is 3. The molecule has 3 rings (SSSR count). The van der Waals surface area contributed by atoms with Crippen molar-refractivity contribution in [2.45, 2.75) is 13.8 Å². The number of hydrogen-bond acceptors (Lipinski definition) is 4. The van der Waals surface area contributed by atoms with Crippen molar-refractivity contribution in [3.05, 3.63) is 78.4 Å². The number of allylic oxidation sites excluding steroid dienone is 6. The molecule has 0 radical (unpaired) electrons. The number of nitrogens with one attached hydrogen (secondary N) is 2. The van der Waals surface area contributed by atoms with Gasteiger partial charge in [0.15, 0.2) is 11.5 Å². The zero-order chi connectivity index (χ0) is 19.4. The number of H-pyrrole nitrogens is 2. The van der Waals surface area contributed by atoms with E-state index in [4.69, 9.17) is 5.73 Å². The predicted molar refractivity (Wildman–Crippen MR) is 112 cm³/mol. The van der Waals surface area contributed by atoms with E-state index < -0.39 is 0 Å². The lowest BCUT2D eigenvalue weighted by Crippen LogP contribution is -1.94. The molecule has 0 aliphatic heterocycles. The standard InChI is InChI=1S/C21H22N6/c1-5-8-9-18-13(4)24-21(25-18)19-17-11-15(12-23-20(17)27-26-19)14(6-2)10-16(22)7-3/h5-12H,1,3,22H2,2,4H3,(H,24,25)(H,23,26,27)/b9-8-,14-6+,16-10+. The zero-order valence-corrected chi connectivity index (χ0v) is 15.5. The smallest absolute Gasteiger partial charge is 0.181 e. The van der Waals surface area contributed by atoms with Gasteiger partial charge in [-0.3, -0.25) is 5.10 Å². The Morgan fingerprint density at radius 1 is 1.30 bits per heavy atom. The highest BCUT2D eigenvalue weighted by Crippen LogP contribution is 2.27. The minimum absolute atomic E-state index is 0.593. The normalized spacial score (nSPS) is 12.8. The molecular formula is C21H22N6. The lowest BCUT2D eigenvalue weighted by Gasteiger charge is -2.03. The van der Waals surface area contributed by atoms with Crippen molar-refractivity contribution in [1.82, 2.24) is 25.1 Å². The largest absolute Gasteiger partial charge is 0.399 e. The number of aromatic amines is 2. The molecule has 27 heavy (non-hydrogen) atoms. The molecule has 0 spiro atoms. The molecule has 3 aromatic heterocycles. The van der Waals surface area contributed by atoms with Gasteiger partial charge in [0.05, 0.1) is 11.1 Å². The van der Waals surface area contributed by atoms with Gasteiger partial charge in [0.1, 0.15) is 5.69 Å². The molecule has 0 aliphatic rings. The molecular weight excluding hydrogens is 336 g/mol. The quantitative estimate of drug-likeness (QED) is 0.573. The van der Waals surface area contributed by atoms with Gasteiger partial charge in [-0.25, -0.2) is 9.97 Å². The Bertz CT molecular complexity index is 1090. The van der Waals surface area contributed by atoms with Crippen LogP contribution in [0.1, 0.15) is 23.9 Å². The number of fused-ring (bicyclic) bond motifs is 1. The minimum Gasteiger partial charge on any atom is -0.399 e. The van der Waals surface area contributed by atoms with E-state index in [1.807, 2.05) is 44.2 Å². The van der Waals surface area contributed by atoms with Crippen LogP contribution in [0.15, 0.2) is 61.5 Å². The Balaban J connectivity index is 2.10. The van der Waals surface area contributed by atoms with Gasteiger partial charge in [0.25, 0.3) is 0 Å². The zero-order valence-electron chi connectivity index (χ0n) is 15.5. The molecule has 0 aromatic carbocycles. The molecule has 3 aromatic rings. The van der Waals surface area contributed by atoms with Gasteiger partial charge in [-0.2, -0.15) is 5.10 Å². The second-order valence-corrected chi connectivity index (χ2v) is 5.98. The summed E-state index contributed by atoms with van der Waals surface area (Å²) in [5.41, 5.74) is 11.6. The van der Waals surface area contributed by atoms with E-state index in [0.29, 0.717) is 17.2 Å². The fourth-order valence-corrected chi connectivity index (χ4v) is 2.72. The van der Waals surface area contributed by atoms with Crippen LogP contribution in [0.5, 0.6) is 0 Å². The molecule has 0 unspecified atom stereocenters. The van der Waals surface area contributed by atoms with Crippen molar-refractivity contribution >= 4 is 22.7 Å². The van der Waals surface area contributed by atoms with E-state index in [9.17, 15) is 0 Å². The molecule has 0 bridgehead atoms. The van der Waals surface area contributed by atoms with E-state index in [1.54, 1.807) is 18.3 Å². The number of hydrogen-bond donors (Lipinski definition) is 3. The molecule has 0 saturated carbocycles. The first kappa shape index (κ1) is 18.1. The highest BCUT2D eigenvalue weighted by Gasteiger charge is 2.14. The molecule has 6 nitrogen and oxygen atoms in total. The van der Waals surface area contributed by atoms with Gasteiger partial charge in [0.2, 0.25) is 0 Å². The Kier molecular flexibility index (Phi) is 5.17. The van der Waals surface area contributed by atoms with Gasteiger partial charge in [-0.05, 0) is 43.7 Å². The second kappa shape index (κ2) is 7.70. The van der Waals surface area contributed by atoms with Gasteiger partial charge >= 0.3 is 0 Å². The van der Waals surface area contributed by atoms with Crippen LogP contribution in [0.2, 0.25) is 0 Å². The molecule has 3 heterocycles. The van der Waals surface area contributed by atoms with E-state index in [2.05, 4.69) is 38.3 Å². The van der Waals surface area contributed by atoms with Gasteiger partial charge in [0, 0.05) is 23.2 Å². The summed E-state index contributed by atoms with van der Waals surface area (Å²) in [6, 6.07) is 2.03. The topological polar surface area (TPSA) is 96.3 Å². The lowest BCUT2D eigenvalue weighted by atomic mass is 10.0. The van der Waals surface area contributed by atoms with Crippen molar-refractivity contribution in [2.75, 3.05) is 0 Å². The summed E-state index contributed by atoms with van der Waals surface area (Å²) in [5, 5.41) is 8.21. The molecule has 0 amide bonds. The third kappa shape index (κ3) is 3.64. The Hall–Kier alpha value is -3.67. The molecule has 0 aliphatic carbocycles. The van der Waals surface area contributed by atoms with Gasteiger partial charge in [-0.1, -0.05) is 31.4 Å². The lowest BCUT2D eigenvalue weighted by molar-refractivity contribution is 1.08. The predicted octanol–water partition coefficient (Wildman–Crippen LogP) is 4.29. The van der Waals surface area contributed by atoms with Gasteiger partial charge < -0.3 is 10.7 Å². The first-order valence-corrected chi connectivity index (χ1v) is 8.53. The first-order chi connectivity index (χ1) is 13.1. The first-order valence-electron chi connectivity index (χ1n) is 8.53. The molecule has 0 fully saturated rings. The summed E-state index contributed by atoms with van der Waals surface area (Å²) < 4.78 is 0. The summed E-state index contributed by atoms with van der Waals surface area (Å²) in [4.78, 5) is 12.4. The van der Waals surface area contributed by atoms with Crippen LogP contribution in [0.25, 0.3) is 34.2 Å². The van der Waals surface area contributed by atoms with Crippen molar-refractivity contribution in [3.63, 3.8) is 0 Å². The maximum atomic E-state index is 5.89. The third-order valence-electron chi connectivity index (χ3n) is 4.16. The SMILES string of the molecule is C=C/C=C\c1nc(-c2[nH]nc3ncc(C(/C=C(/N)C=C)=C/C)cc23)[nH]c1C. The molecule has 0 atom stereocenters. The van der Waals surface area contributed by atoms with E-state index in [-0.39, 0.29) is 0 Å². The van der Waals surface area contributed by atoms with Crippen molar-refractivity contribution in [3.8, 4) is 11.5 Å². The van der Waals surface area contributed by atoms with Crippen LogP contribution in [0.3, 0.4) is 0 Å². The molecule has 4 N–H and O–H groups in total. The van der Waals surface area contributed by atoms with Crippen molar-refractivity contribution in [2.24, 2.45) is 5.73 Å². The number of aryl methyl sites for hydroxylation is 1. The maximum absolute atomic E-state index is 5.89. The van der Waals surface area contributed by atoms with Crippen LogP contribution in [0, 0.1) is 6.92 Å². The van der Waals surface area contributed by atoms with E-state index >= 15 is 0 Å². The number of aromatic nitrogens is 5. The fourth-order valence-electron chi connectivity index (χ4n) is 2.72. The van der Waals surface area contributed by atoms with Crippen molar-refractivity contribution < 1.29 is 0 Å². The monoisotopic (exact) mass is 358 g/mol. The molecule has 6 heteroatoms. The average Bonchev–Trinajstić information content (AvgIpc) is 3.26. The fraction of sp³-hybridized carbons (Fsp3) is 0.0952. The number of nitrogens with two attached hydrogens (primary N) is 1. The Morgan fingerprint density at radius 2 is 2.11 bits per heavy atom. The minimum atomic E-state index is 0.593. The number of pyridine rings is 1. The number of imidazole rings is 1. The summed E-state index contributed by atoms with van der Waals surface area (Å²) in [5.74, 6) is 0.709. The van der Waals surface area contributed by atoms with Gasteiger partial charge in [-0.15, -0.1) is 0 Å². The highest BCUT2D eigenvalue weighted by molar-refractivity contribution is 5.92. The molecule has 136 valence electrons. The Morgan fingerprint density at radius 3 is 2.81 bits per heavy atom. The number of rotatable bonds is 6. The van der Waals surface area contributed by atoms with Crippen LogP contribution in [0.4, 0.5) is 0 Å². The van der Waals surface area contributed by atoms with E-state index in [1.165, 1.54) is 0 Å². The summed E-state index contributed by atoms with van der Waals surface area (Å²) >= 11 is 0. The maximum Gasteiger partial charge on any atom is 0.181 e. The second-order valence-electron chi connectivity index (χ2n) is 5.98. The van der Waals surface area contributed by atoms with Crippen LogP contribution in [-0.2, 0) is 0 Å². The van der Waals surface area contributed by atoms with Crippen LogP contribution in [-0.4, -0.2) is 25.1 Å².